The van der Waals surface area contributed by atoms with Crippen LogP contribution in [0, 0.1) is 0 Å². The van der Waals surface area contributed by atoms with E-state index in [4.69, 9.17) is 25.8 Å². The molecule has 1 heterocycles. The number of amides is 1. The van der Waals surface area contributed by atoms with E-state index in [0.29, 0.717) is 42.8 Å². The van der Waals surface area contributed by atoms with Crippen LogP contribution in [0.4, 0.5) is 0 Å². The molecule has 1 amide bonds. The fraction of sp³-hybridized carbons (Fsp3) is 0.444. The Hall–Kier alpha value is -2.25. The third kappa shape index (κ3) is 4.89. The van der Waals surface area contributed by atoms with Crippen LogP contribution in [0.15, 0.2) is 24.8 Å². The van der Waals surface area contributed by atoms with Gasteiger partial charge in [0.25, 0.3) is 0 Å². The van der Waals surface area contributed by atoms with Crippen molar-refractivity contribution in [3.63, 3.8) is 0 Å². The third-order valence-electron chi connectivity index (χ3n) is 4.05. The number of methoxy groups -OCH3 is 2. The molecule has 7 nitrogen and oxygen atoms in total. The highest BCUT2D eigenvalue weighted by Gasteiger charge is 2.32. The zero-order chi connectivity index (χ0) is 19.1. The minimum atomic E-state index is -0.585. The number of halogens is 1. The number of nitrogens with zero attached hydrogens (tertiary/aromatic N) is 1. The first-order valence-corrected chi connectivity index (χ1v) is 8.56. The van der Waals surface area contributed by atoms with Crippen molar-refractivity contribution in [3.05, 3.63) is 35.4 Å². The first kappa shape index (κ1) is 20.1. The number of esters is 1. The Morgan fingerprint density at radius 2 is 2.23 bits per heavy atom. The standard InChI is InChI=1S/C18H23ClN2O5/c1-4-7-26-17-13(19)8-12(9-15(17)24-2)11-21-6-5-20-18(23)14(21)10-16(22)25-3/h4,8-9,14H,1,5-7,10-11H2,2-3H3,(H,20,23). The predicted molar refractivity (Wildman–Crippen MR) is 97.5 cm³/mol. The Balaban J connectivity index is 2.21. The van der Waals surface area contributed by atoms with Crippen molar-refractivity contribution in [3.8, 4) is 11.5 Å². The van der Waals surface area contributed by atoms with E-state index in [1.54, 1.807) is 12.1 Å². The first-order valence-electron chi connectivity index (χ1n) is 8.18. The van der Waals surface area contributed by atoms with Gasteiger partial charge < -0.3 is 19.5 Å². The number of hydrogen-bond donors (Lipinski definition) is 1. The van der Waals surface area contributed by atoms with Crippen LogP contribution in [0.5, 0.6) is 11.5 Å². The van der Waals surface area contributed by atoms with Crippen LogP contribution < -0.4 is 14.8 Å². The number of rotatable bonds is 8. The number of carbonyl (C=O) groups excluding carboxylic acids is 2. The maximum atomic E-state index is 12.2. The number of benzene rings is 1. The van der Waals surface area contributed by atoms with E-state index < -0.39 is 12.0 Å². The van der Waals surface area contributed by atoms with Gasteiger partial charge in [-0.25, -0.2) is 0 Å². The summed E-state index contributed by atoms with van der Waals surface area (Å²) in [7, 11) is 2.84. The number of piperazine rings is 1. The van der Waals surface area contributed by atoms with E-state index in [9.17, 15) is 9.59 Å². The van der Waals surface area contributed by atoms with Crippen molar-refractivity contribution < 1.29 is 23.8 Å². The van der Waals surface area contributed by atoms with Gasteiger partial charge in [-0.2, -0.15) is 0 Å². The lowest BCUT2D eigenvalue weighted by Gasteiger charge is -2.34. The van der Waals surface area contributed by atoms with Crippen LogP contribution in [-0.2, 0) is 20.9 Å². The molecule has 26 heavy (non-hydrogen) atoms. The van der Waals surface area contributed by atoms with E-state index >= 15 is 0 Å². The molecule has 0 aromatic heterocycles. The second kappa shape index (κ2) is 9.45. The van der Waals surface area contributed by atoms with Gasteiger partial charge in [0.1, 0.15) is 12.6 Å². The van der Waals surface area contributed by atoms with Gasteiger partial charge in [0.2, 0.25) is 5.91 Å². The summed E-state index contributed by atoms with van der Waals surface area (Å²) in [6.07, 6.45) is 1.61. The normalized spacial score (nSPS) is 17.3. The molecule has 0 saturated carbocycles. The largest absolute Gasteiger partial charge is 0.493 e. The summed E-state index contributed by atoms with van der Waals surface area (Å²) in [5.74, 6) is 0.326. The lowest BCUT2D eigenvalue weighted by atomic mass is 10.1. The second-order valence-electron chi connectivity index (χ2n) is 5.77. The van der Waals surface area contributed by atoms with Crippen LogP contribution in [-0.4, -0.2) is 56.7 Å². The Bertz CT molecular complexity index is 680. The zero-order valence-electron chi connectivity index (χ0n) is 14.9. The molecule has 1 aromatic carbocycles. The van der Waals surface area contributed by atoms with Gasteiger partial charge in [0.05, 0.1) is 25.7 Å². The minimum absolute atomic E-state index is 0.00622. The Morgan fingerprint density at radius 3 is 2.88 bits per heavy atom. The summed E-state index contributed by atoms with van der Waals surface area (Å²) in [4.78, 5) is 25.7. The highest BCUT2D eigenvalue weighted by molar-refractivity contribution is 6.32. The van der Waals surface area contributed by atoms with Crippen molar-refractivity contribution in [1.82, 2.24) is 10.2 Å². The van der Waals surface area contributed by atoms with E-state index in [-0.39, 0.29) is 12.3 Å². The molecule has 1 aliphatic rings. The molecule has 1 unspecified atom stereocenters. The molecule has 0 bridgehead atoms. The molecule has 1 aromatic rings. The fourth-order valence-electron chi connectivity index (χ4n) is 2.80. The van der Waals surface area contributed by atoms with Crippen LogP contribution >= 0.6 is 11.6 Å². The van der Waals surface area contributed by atoms with E-state index in [1.165, 1.54) is 14.2 Å². The van der Waals surface area contributed by atoms with Gasteiger partial charge >= 0.3 is 5.97 Å². The highest BCUT2D eigenvalue weighted by Crippen LogP contribution is 2.37. The van der Waals surface area contributed by atoms with Gasteiger partial charge in [0.15, 0.2) is 11.5 Å². The molecule has 2 rings (SSSR count). The summed E-state index contributed by atoms with van der Waals surface area (Å²) in [5, 5.41) is 3.18. The van der Waals surface area contributed by atoms with E-state index in [2.05, 4.69) is 11.9 Å². The van der Waals surface area contributed by atoms with Crippen LogP contribution in [0.2, 0.25) is 5.02 Å². The average molecular weight is 383 g/mol. The van der Waals surface area contributed by atoms with Crippen molar-refractivity contribution in [2.75, 3.05) is 33.9 Å². The number of carbonyl (C=O) groups is 2. The molecule has 1 fully saturated rings. The number of hydrogen-bond acceptors (Lipinski definition) is 6. The molecule has 0 spiro atoms. The molecular formula is C18H23ClN2O5. The lowest BCUT2D eigenvalue weighted by Crippen LogP contribution is -2.55. The van der Waals surface area contributed by atoms with Gasteiger partial charge in [0, 0.05) is 19.6 Å². The topological polar surface area (TPSA) is 77.1 Å². The molecule has 1 atom stereocenters. The molecule has 0 aliphatic carbocycles. The molecule has 1 N–H and O–H groups in total. The first-order chi connectivity index (χ1) is 12.5. The average Bonchev–Trinajstić information content (AvgIpc) is 2.63. The van der Waals surface area contributed by atoms with Crippen molar-refractivity contribution in [2.24, 2.45) is 0 Å². The fourth-order valence-corrected chi connectivity index (χ4v) is 3.08. The summed E-state index contributed by atoms with van der Waals surface area (Å²) in [6, 6.07) is 2.99. The molecular weight excluding hydrogens is 360 g/mol. The number of nitrogens with one attached hydrogen (secondary N) is 1. The van der Waals surface area contributed by atoms with Crippen molar-refractivity contribution in [1.29, 1.82) is 0 Å². The molecule has 1 aliphatic heterocycles. The molecule has 1 saturated heterocycles. The molecule has 8 heteroatoms. The quantitative estimate of drug-likeness (QED) is 0.545. The Morgan fingerprint density at radius 1 is 1.46 bits per heavy atom. The molecule has 0 radical (unpaired) electrons. The third-order valence-corrected chi connectivity index (χ3v) is 4.33. The van der Waals surface area contributed by atoms with Crippen LogP contribution in [0.3, 0.4) is 0 Å². The van der Waals surface area contributed by atoms with E-state index in [1.807, 2.05) is 11.0 Å². The lowest BCUT2D eigenvalue weighted by molar-refractivity contribution is -0.146. The Kier molecular flexibility index (Phi) is 7.29. The summed E-state index contributed by atoms with van der Waals surface area (Å²) in [6.45, 7) is 5.49. The van der Waals surface area contributed by atoms with Crippen LogP contribution in [0.1, 0.15) is 12.0 Å². The van der Waals surface area contributed by atoms with Crippen molar-refractivity contribution >= 4 is 23.5 Å². The Labute approximate surface area is 157 Å². The van der Waals surface area contributed by atoms with Crippen LogP contribution in [0.25, 0.3) is 0 Å². The highest BCUT2D eigenvalue weighted by atomic mass is 35.5. The summed E-state index contributed by atoms with van der Waals surface area (Å²) in [5.41, 5.74) is 0.849. The maximum Gasteiger partial charge on any atom is 0.307 e. The molecule has 142 valence electrons. The predicted octanol–water partition coefficient (Wildman–Crippen LogP) is 1.78. The summed E-state index contributed by atoms with van der Waals surface area (Å²) < 4.78 is 15.6. The van der Waals surface area contributed by atoms with Gasteiger partial charge in [-0.1, -0.05) is 24.3 Å². The van der Waals surface area contributed by atoms with Gasteiger partial charge in [-0.3, -0.25) is 14.5 Å². The SMILES string of the molecule is C=CCOc1c(Cl)cc(CN2CCNC(=O)C2CC(=O)OC)cc1OC. The monoisotopic (exact) mass is 382 g/mol. The second-order valence-corrected chi connectivity index (χ2v) is 6.17. The van der Waals surface area contributed by atoms with Crippen molar-refractivity contribution in [2.45, 2.75) is 19.0 Å². The van der Waals surface area contributed by atoms with E-state index in [0.717, 1.165) is 5.56 Å². The summed E-state index contributed by atoms with van der Waals surface area (Å²) >= 11 is 6.33. The smallest absolute Gasteiger partial charge is 0.307 e. The number of ether oxygens (including phenoxy) is 3. The van der Waals surface area contributed by atoms with Gasteiger partial charge in [-0.05, 0) is 17.7 Å². The zero-order valence-corrected chi connectivity index (χ0v) is 15.7. The minimum Gasteiger partial charge on any atom is -0.493 e. The maximum absolute atomic E-state index is 12.2. The van der Waals surface area contributed by atoms with Gasteiger partial charge in [-0.15, -0.1) is 0 Å².